The van der Waals surface area contributed by atoms with Gasteiger partial charge in [0.2, 0.25) is 0 Å². The molecule has 0 amide bonds. The summed E-state index contributed by atoms with van der Waals surface area (Å²) in [5, 5.41) is 0. The normalized spacial score (nSPS) is 10.0. The maximum Gasteiger partial charge on any atom is 0.147 e. The summed E-state index contributed by atoms with van der Waals surface area (Å²) in [5.41, 5.74) is 0.570. The van der Waals surface area contributed by atoms with E-state index in [9.17, 15) is 9.18 Å². The van der Waals surface area contributed by atoms with Crippen LogP contribution in [0.1, 0.15) is 12.0 Å². The van der Waals surface area contributed by atoms with Crippen LogP contribution in [0.2, 0.25) is 0 Å². The number of aryl methyl sites for hydroxylation is 1. The summed E-state index contributed by atoms with van der Waals surface area (Å²) in [6, 6.07) is 6.45. The van der Waals surface area contributed by atoms with Crippen LogP contribution in [-0.4, -0.2) is 11.7 Å². The van der Waals surface area contributed by atoms with Gasteiger partial charge < -0.3 is 0 Å². The molecule has 0 heterocycles. The Hall–Kier alpha value is -0.890. The molecule has 0 saturated heterocycles. The largest absolute Gasteiger partial charge is 0.298 e. The first-order valence-corrected chi connectivity index (χ1v) is 4.58. The van der Waals surface area contributed by atoms with Gasteiger partial charge in [0.25, 0.3) is 0 Å². The molecule has 0 bridgehead atoms. The average molecular weight is 201 g/mol. The third-order valence-electron chi connectivity index (χ3n) is 1.78. The molecule has 0 N–H and O–H groups in total. The van der Waals surface area contributed by atoms with Gasteiger partial charge in [0, 0.05) is 6.42 Å². The summed E-state index contributed by atoms with van der Waals surface area (Å²) in [6.45, 7) is 0. The highest BCUT2D eigenvalue weighted by atomic mass is 35.5. The molecule has 0 aliphatic heterocycles. The molecule has 1 rings (SSSR count). The fraction of sp³-hybridized carbons (Fsp3) is 0.300. The van der Waals surface area contributed by atoms with Crippen molar-refractivity contribution in [2.75, 3.05) is 5.88 Å². The van der Waals surface area contributed by atoms with Gasteiger partial charge in [-0.2, -0.15) is 0 Å². The monoisotopic (exact) mass is 200 g/mol. The van der Waals surface area contributed by atoms with Crippen LogP contribution in [0.25, 0.3) is 0 Å². The number of hydrogen-bond acceptors (Lipinski definition) is 1. The number of rotatable bonds is 4. The molecule has 0 aromatic heterocycles. The zero-order valence-corrected chi connectivity index (χ0v) is 7.85. The van der Waals surface area contributed by atoms with E-state index in [1.54, 1.807) is 18.2 Å². The first-order chi connectivity index (χ1) is 6.24. The molecule has 0 atom stereocenters. The lowest BCUT2D eigenvalue weighted by Crippen LogP contribution is -2.02. The number of carbonyl (C=O) groups excluding carboxylic acids is 1. The molecule has 3 heteroatoms. The van der Waals surface area contributed by atoms with Gasteiger partial charge in [-0.25, -0.2) is 4.39 Å². The Labute approximate surface area is 81.5 Å². The lowest BCUT2D eigenvalue weighted by atomic mass is 10.1. The van der Waals surface area contributed by atoms with Crippen molar-refractivity contribution in [3.05, 3.63) is 35.6 Å². The van der Waals surface area contributed by atoms with Crippen molar-refractivity contribution >= 4 is 17.4 Å². The minimum absolute atomic E-state index is 0.00839. The van der Waals surface area contributed by atoms with E-state index in [1.807, 2.05) is 0 Å². The van der Waals surface area contributed by atoms with Gasteiger partial charge in [-0.1, -0.05) is 18.2 Å². The highest BCUT2D eigenvalue weighted by Gasteiger charge is 2.03. The molecule has 1 aromatic rings. The van der Waals surface area contributed by atoms with Crippen LogP contribution in [-0.2, 0) is 11.2 Å². The number of hydrogen-bond donors (Lipinski definition) is 0. The minimum atomic E-state index is -0.259. The SMILES string of the molecule is O=C(CCl)CCc1ccccc1F. The molecule has 1 nitrogen and oxygen atoms in total. The number of halogens is 2. The van der Waals surface area contributed by atoms with Crippen LogP contribution >= 0.6 is 11.6 Å². The summed E-state index contributed by atoms with van der Waals surface area (Å²) in [5.74, 6) is -0.302. The molecule has 0 spiro atoms. The Bertz CT molecular complexity index is 299. The van der Waals surface area contributed by atoms with Crippen LogP contribution in [0.5, 0.6) is 0 Å². The second kappa shape index (κ2) is 4.97. The van der Waals surface area contributed by atoms with E-state index < -0.39 is 0 Å². The van der Waals surface area contributed by atoms with Gasteiger partial charge in [0.1, 0.15) is 11.6 Å². The summed E-state index contributed by atoms with van der Waals surface area (Å²) in [7, 11) is 0. The van der Waals surface area contributed by atoms with Gasteiger partial charge >= 0.3 is 0 Å². The highest BCUT2D eigenvalue weighted by Crippen LogP contribution is 2.09. The Morgan fingerprint density at radius 1 is 1.38 bits per heavy atom. The molecule has 0 fully saturated rings. The van der Waals surface area contributed by atoms with Crippen LogP contribution in [0.3, 0.4) is 0 Å². The molecule has 1 aromatic carbocycles. The number of benzene rings is 1. The Morgan fingerprint density at radius 3 is 2.69 bits per heavy atom. The van der Waals surface area contributed by atoms with Crippen LogP contribution in [0, 0.1) is 5.82 Å². The molecule has 13 heavy (non-hydrogen) atoms. The molecule has 0 aliphatic rings. The maximum atomic E-state index is 13.0. The molecule has 0 saturated carbocycles. The zero-order chi connectivity index (χ0) is 9.68. The topological polar surface area (TPSA) is 17.1 Å². The average Bonchev–Trinajstić information content (AvgIpc) is 2.16. The van der Waals surface area contributed by atoms with E-state index in [1.165, 1.54) is 6.07 Å². The predicted molar refractivity (Wildman–Crippen MR) is 50.4 cm³/mol. The Morgan fingerprint density at radius 2 is 2.08 bits per heavy atom. The fourth-order valence-corrected chi connectivity index (χ4v) is 1.18. The van der Waals surface area contributed by atoms with E-state index in [4.69, 9.17) is 11.6 Å². The van der Waals surface area contributed by atoms with Crippen molar-refractivity contribution < 1.29 is 9.18 Å². The van der Waals surface area contributed by atoms with Gasteiger partial charge in [0.05, 0.1) is 5.88 Å². The summed E-state index contributed by atoms with van der Waals surface area (Å²) in [4.78, 5) is 10.8. The van der Waals surface area contributed by atoms with Gasteiger partial charge in [-0.15, -0.1) is 11.6 Å². The first-order valence-electron chi connectivity index (χ1n) is 4.05. The van der Waals surface area contributed by atoms with Gasteiger partial charge in [-0.3, -0.25) is 4.79 Å². The number of alkyl halides is 1. The van der Waals surface area contributed by atoms with Crippen molar-refractivity contribution in [1.82, 2.24) is 0 Å². The number of ketones is 1. The maximum absolute atomic E-state index is 13.0. The lowest BCUT2D eigenvalue weighted by molar-refractivity contribution is -0.116. The second-order valence-corrected chi connectivity index (χ2v) is 3.03. The quantitative estimate of drug-likeness (QED) is 0.683. The molecule has 0 unspecified atom stereocenters. The number of carbonyl (C=O) groups is 1. The molecule has 70 valence electrons. The van der Waals surface area contributed by atoms with Gasteiger partial charge in [0.15, 0.2) is 0 Å². The van der Waals surface area contributed by atoms with E-state index >= 15 is 0 Å². The summed E-state index contributed by atoms with van der Waals surface area (Å²) >= 11 is 5.31. The second-order valence-electron chi connectivity index (χ2n) is 2.76. The van der Waals surface area contributed by atoms with E-state index in [-0.39, 0.29) is 17.5 Å². The Balaban J connectivity index is 2.54. The third kappa shape index (κ3) is 3.15. The molecular weight excluding hydrogens is 191 g/mol. The molecular formula is C10H10ClFO. The van der Waals surface area contributed by atoms with E-state index in [0.29, 0.717) is 18.4 Å². The Kier molecular flexibility index (Phi) is 3.90. The van der Waals surface area contributed by atoms with Crippen molar-refractivity contribution in [1.29, 1.82) is 0 Å². The summed E-state index contributed by atoms with van der Waals surface area (Å²) < 4.78 is 13.0. The summed E-state index contributed by atoms with van der Waals surface area (Å²) in [6.07, 6.45) is 0.739. The van der Waals surface area contributed by atoms with Crippen LogP contribution < -0.4 is 0 Å². The van der Waals surface area contributed by atoms with E-state index in [2.05, 4.69) is 0 Å². The van der Waals surface area contributed by atoms with Crippen molar-refractivity contribution in [2.45, 2.75) is 12.8 Å². The van der Waals surface area contributed by atoms with Crippen molar-refractivity contribution in [3.63, 3.8) is 0 Å². The number of Topliss-reactive ketones (excluding diaryl/α,β-unsaturated/α-hetero) is 1. The molecule has 0 aliphatic carbocycles. The highest BCUT2D eigenvalue weighted by molar-refractivity contribution is 6.27. The fourth-order valence-electron chi connectivity index (χ4n) is 1.04. The smallest absolute Gasteiger partial charge is 0.147 e. The predicted octanol–water partition coefficient (Wildman–Crippen LogP) is 2.57. The minimum Gasteiger partial charge on any atom is -0.298 e. The lowest BCUT2D eigenvalue weighted by Gasteiger charge is -2.00. The van der Waals surface area contributed by atoms with Crippen LogP contribution in [0.4, 0.5) is 4.39 Å². The zero-order valence-electron chi connectivity index (χ0n) is 7.09. The van der Waals surface area contributed by atoms with Crippen LogP contribution in [0.15, 0.2) is 24.3 Å². The van der Waals surface area contributed by atoms with E-state index in [0.717, 1.165) is 0 Å². The van der Waals surface area contributed by atoms with Gasteiger partial charge in [-0.05, 0) is 18.1 Å². The molecule has 0 radical (unpaired) electrons. The van der Waals surface area contributed by atoms with Crippen molar-refractivity contribution in [3.8, 4) is 0 Å². The first kappa shape index (κ1) is 10.2. The van der Waals surface area contributed by atoms with Crippen molar-refractivity contribution in [2.24, 2.45) is 0 Å². The third-order valence-corrected chi connectivity index (χ3v) is 2.08. The standard InChI is InChI=1S/C10H10ClFO/c11-7-9(13)6-5-8-3-1-2-4-10(8)12/h1-4H,5-7H2.